The Hall–Kier alpha value is -2.44. The van der Waals surface area contributed by atoms with Gasteiger partial charge in [-0.15, -0.1) is 5.10 Å². The molecule has 0 aliphatic heterocycles. The van der Waals surface area contributed by atoms with Crippen LogP contribution in [0.3, 0.4) is 0 Å². The zero-order valence-corrected chi connectivity index (χ0v) is 12.4. The number of hydrogen-bond acceptors (Lipinski definition) is 5. The fourth-order valence-electron chi connectivity index (χ4n) is 1.78. The number of carbonyl (C=O) groups is 1. The van der Waals surface area contributed by atoms with E-state index in [0.29, 0.717) is 18.8 Å². The highest BCUT2D eigenvalue weighted by molar-refractivity contribution is 5.67. The van der Waals surface area contributed by atoms with Crippen molar-refractivity contribution in [2.45, 2.75) is 39.3 Å². The van der Waals surface area contributed by atoms with Crippen LogP contribution < -0.4 is 5.32 Å². The lowest BCUT2D eigenvalue weighted by Gasteiger charge is -2.19. The molecule has 2 rings (SSSR count). The molecule has 0 radical (unpaired) electrons. The van der Waals surface area contributed by atoms with E-state index in [2.05, 4.69) is 25.9 Å². The van der Waals surface area contributed by atoms with Crippen LogP contribution in [0.1, 0.15) is 37.7 Å². The van der Waals surface area contributed by atoms with Crippen molar-refractivity contribution in [3.63, 3.8) is 0 Å². The van der Waals surface area contributed by atoms with Gasteiger partial charge in [0, 0.05) is 13.0 Å². The monoisotopic (exact) mass is 289 g/mol. The van der Waals surface area contributed by atoms with E-state index in [-0.39, 0.29) is 0 Å². The largest absolute Gasteiger partial charge is 0.444 e. The van der Waals surface area contributed by atoms with Crippen LogP contribution in [0.5, 0.6) is 0 Å². The number of ether oxygens (including phenoxy) is 1. The van der Waals surface area contributed by atoms with Gasteiger partial charge in [-0.3, -0.25) is 0 Å². The number of amides is 1. The summed E-state index contributed by atoms with van der Waals surface area (Å²) in [5.74, 6) is 0.701. The molecule has 0 spiro atoms. The molecule has 1 heterocycles. The van der Waals surface area contributed by atoms with Gasteiger partial charge in [0.15, 0.2) is 5.82 Å². The highest BCUT2D eigenvalue weighted by Crippen LogP contribution is 2.10. The van der Waals surface area contributed by atoms with E-state index in [1.54, 1.807) is 0 Å². The third-order valence-corrected chi connectivity index (χ3v) is 2.59. The summed E-state index contributed by atoms with van der Waals surface area (Å²) in [7, 11) is 0. The maximum absolute atomic E-state index is 11.6. The Morgan fingerprint density at radius 2 is 2.10 bits per heavy atom. The molecule has 0 aliphatic carbocycles. The van der Waals surface area contributed by atoms with E-state index in [1.807, 2.05) is 45.0 Å². The zero-order chi connectivity index (χ0) is 15.3. The number of nitrogens with one attached hydrogen (secondary N) is 2. The smallest absolute Gasteiger partial charge is 0.407 e. The first-order valence-corrected chi connectivity index (χ1v) is 6.70. The Morgan fingerprint density at radius 1 is 1.33 bits per heavy atom. The topological polar surface area (TPSA) is 92.8 Å². The van der Waals surface area contributed by atoms with Crippen LogP contribution in [0, 0.1) is 0 Å². The second-order valence-corrected chi connectivity index (χ2v) is 5.70. The third-order valence-electron chi connectivity index (χ3n) is 2.59. The van der Waals surface area contributed by atoms with E-state index >= 15 is 0 Å². The summed E-state index contributed by atoms with van der Waals surface area (Å²) in [6.45, 7) is 5.91. The molecule has 0 saturated carbocycles. The first-order valence-electron chi connectivity index (χ1n) is 6.70. The van der Waals surface area contributed by atoms with Crippen molar-refractivity contribution in [1.29, 1.82) is 0 Å². The van der Waals surface area contributed by atoms with Crippen LogP contribution in [0.2, 0.25) is 0 Å². The zero-order valence-electron chi connectivity index (χ0n) is 12.4. The van der Waals surface area contributed by atoms with Crippen molar-refractivity contribution in [3.05, 3.63) is 41.2 Å². The van der Waals surface area contributed by atoms with Crippen molar-refractivity contribution in [1.82, 2.24) is 25.9 Å². The Balaban J connectivity index is 1.91. The van der Waals surface area contributed by atoms with Crippen molar-refractivity contribution >= 4 is 6.09 Å². The van der Waals surface area contributed by atoms with Gasteiger partial charge in [0.05, 0.1) is 0 Å². The number of aromatic nitrogens is 4. The van der Waals surface area contributed by atoms with Crippen LogP contribution in [0.15, 0.2) is 24.3 Å². The van der Waals surface area contributed by atoms with Gasteiger partial charge in [-0.1, -0.05) is 24.3 Å². The summed E-state index contributed by atoms with van der Waals surface area (Å²) in [5.41, 5.74) is 1.56. The van der Waals surface area contributed by atoms with Gasteiger partial charge >= 0.3 is 6.09 Å². The van der Waals surface area contributed by atoms with E-state index in [4.69, 9.17) is 4.74 Å². The van der Waals surface area contributed by atoms with Gasteiger partial charge in [-0.25, -0.2) is 9.89 Å². The number of rotatable bonds is 4. The van der Waals surface area contributed by atoms with Crippen molar-refractivity contribution in [3.8, 4) is 0 Å². The molecule has 0 saturated heterocycles. The second-order valence-electron chi connectivity index (χ2n) is 5.70. The summed E-state index contributed by atoms with van der Waals surface area (Å²) in [6, 6.07) is 7.87. The number of hydrogen-bond donors (Lipinski definition) is 2. The predicted octanol–water partition coefficient (Wildman–Crippen LogP) is 1.82. The number of nitrogens with zero attached hydrogens (tertiary/aromatic N) is 3. The van der Waals surface area contributed by atoms with Gasteiger partial charge in [-0.05, 0) is 42.3 Å². The highest BCUT2D eigenvalue weighted by atomic mass is 16.6. The number of tetrazole rings is 1. The molecule has 1 aromatic carbocycles. The predicted molar refractivity (Wildman–Crippen MR) is 76.5 cm³/mol. The fraction of sp³-hybridized carbons (Fsp3) is 0.429. The highest BCUT2D eigenvalue weighted by Gasteiger charge is 2.15. The molecule has 112 valence electrons. The van der Waals surface area contributed by atoms with Crippen LogP contribution in [0.4, 0.5) is 4.79 Å². The molecular weight excluding hydrogens is 270 g/mol. The van der Waals surface area contributed by atoms with Crippen LogP contribution >= 0.6 is 0 Å². The lowest BCUT2D eigenvalue weighted by atomic mass is 10.1. The van der Waals surface area contributed by atoms with Crippen molar-refractivity contribution < 1.29 is 9.53 Å². The summed E-state index contributed by atoms with van der Waals surface area (Å²) in [4.78, 5) is 11.6. The average molecular weight is 289 g/mol. The Bertz CT molecular complexity index is 590. The van der Waals surface area contributed by atoms with Crippen LogP contribution in [0.25, 0.3) is 0 Å². The summed E-state index contributed by atoms with van der Waals surface area (Å²) in [5, 5.41) is 16.4. The standard InChI is InChI=1S/C14H19N5O2/c1-14(2,3)21-13(20)15-9-11-6-4-5-10(7-11)8-12-16-18-19-17-12/h4-7H,8-9H2,1-3H3,(H,15,20)(H,16,17,18,19). The fourth-order valence-corrected chi connectivity index (χ4v) is 1.78. The van der Waals surface area contributed by atoms with Crippen molar-refractivity contribution in [2.75, 3.05) is 0 Å². The first kappa shape index (κ1) is 15.0. The van der Waals surface area contributed by atoms with Crippen LogP contribution in [-0.2, 0) is 17.7 Å². The van der Waals surface area contributed by atoms with E-state index in [0.717, 1.165) is 11.1 Å². The van der Waals surface area contributed by atoms with Crippen molar-refractivity contribution in [2.24, 2.45) is 0 Å². The van der Waals surface area contributed by atoms with E-state index in [1.165, 1.54) is 0 Å². The van der Waals surface area contributed by atoms with Gasteiger partial charge in [0.25, 0.3) is 0 Å². The first-order chi connectivity index (χ1) is 9.92. The van der Waals surface area contributed by atoms with Gasteiger partial charge < -0.3 is 10.1 Å². The lowest BCUT2D eigenvalue weighted by molar-refractivity contribution is 0.0523. The number of benzene rings is 1. The molecule has 0 aliphatic rings. The summed E-state index contributed by atoms with van der Waals surface area (Å²) in [6.07, 6.45) is 0.195. The summed E-state index contributed by atoms with van der Waals surface area (Å²) >= 11 is 0. The average Bonchev–Trinajstić information content (AvgIpc) is 2.88. The number of carbonyl (C=O) groups excluding carboxylic acids is 1. The number of aromatic amines is 1. The van der Waals surface area contributed by atoms with Gasteiger partial charge in [0.1, 0.15) is 5.60 Å². The number of alkyl carbamates (subject to hydrolysis) is 1. The second kappa shape index (κ2) is 6.34. The quantitative estimate of drug-likeness (QED) is 0.895. The van der Waals surface area contributed by atoms with E-state index < -0.39 is 11.7 Å². The molecular formula is C14H19N5O2. The Labute approximate surface area is 123 Å². The molecule has 0 unspecified atom stereocenters. The van der Waals surface area contributed by atoms with Gasteiger partial charge in [-0.2, -0.15) is 0 Å². The molecule has 7 heteroatoms. The minimum atomic E-state index is -0.495. The molecule has 0 bridgehead atoms. The Kier molecular flexibility index (Phi) is 4.52. The SMILES string of the molecule is CC(C)(C)OC(=O)NCc1cccc(Cc2nnn[nH]2)c1. The molecule has 7 nitrogen and oxygen atoms in total. The normalized spacial score (nSPS) is 11.2. The third kappa shape index (κ3) is 5.21. The molecule has 2 aromatic rings. The minimum Gasteiger partial charge on any atom is -0.444 e. The maximum atomic E-state index is 11.6. The Morgan fingerprint density at radius 3 is 2.76 bits per heavy atom. The molecule has 0 fully saturated rings. The number of H-pyrrole nitrogens is 1. The van der Waals surface area contributed by atoms with E-state index in [9.17, 15) is 4.79 Å². The minimum absolute atomic E-state index is 0.414. The molecule has 1 amide bonds. The lowest BCUT2D eigenvalue weighted by Crippen LogP contribution is -2.32. The van der Waals surface area contributed by atoms with Crippen LogP contribution in [-0.4, -0.2) is 32.3 Å². The molecule has 21 heavy (non-hydrogen) atoms. The molecule has 0 atom stereocenters. The molecule has 1 aromatic heterocycles. The van der Waals surface area contributed by atoms with Gasteiger partial charge in [0.2, 0.25) is 0 Å². The molecule has 2 N–H and O–H groups in total. The maximum Gasteiger partial charge on any atom is 0.407 e. The summed E-state index contributed by atoms with van der Waals surface area (Å²) < 4.78 is 5.19.